The first-order valence-corrected chi connectivity index (χ1v) is 11.7. The monoisotopic (exact) mass is 440 g/mol. The van der Waals surface area contributed by atoms with Crippen molar-refractivity contribution in [2.24, 2.45) is 0 Å². The van der Waals surface area contributed by atoms with Crippen LogP contribution in [0.25, 0.3) is 0 Å². The molecule has 0 aliphatic carbocycles. The minimum atomic E-state index is -3.81. The van der Waals surface area contributed by atoms with Gasteiger partial charge in [0.15, 0.2) is 0 Å². The number of nitrogens with zero attached hydrogens (tertiary/aromatic N) is 3. The summed E-state index contributed by atoms with van der Waals surface area (Å²) in [6.45, 7) is 6.03. The van der Waals surface area contributed by atoms with Gasteiger partial charge in [0.2, 0.25) is 5.91 Å². The first-order chi connectivity index (χ1) is 14.8. The summed E-state index contributed by atoms with van der Waals surface area (Å²) in [5.74, 6) is 0.331. The van der Waals surface area contributed by atoms with Crippen molar-refractivity contribution in [3.8, 4) is 0 Å². The Kier molecular flexibility index (Phi) is 7.12. The molecule has 8 heteroatoms. The van der Waals surface area contributed by atoms with Crippen LogP contribution in [0.2, 0.25) is 0 Å². The number of sulfonamides is 1. The average molecular weight is 441 g/mol. The van der Waals surface area contributed by atoms with E-state index in [2.05, 4.69) is 10.4 Å². The van der Waals surface area contributed by atoms with Crippen molar-refractivity contribution >= 4 is 27.4 Å². The van der Waals surface area contributed by atoms with Gasteiger partial charge in [0.05, 0.1) is 22.8 Å². The molecule has 0 spiro atoms. The molecule has 1 unspecified atom stereocenters. The van der Waals surface area contributed by atoms with E-state index in [1.54, 1.807) is 59.4 Å². The van der Waals surface area contributed by atoms with Crippen LogP contribution in [-0.4, -0.2) is 30.7 Å². The second-order valence-corrected chi connectivity index (χ2v) is 9.30. The maximum atomic E-state index is 13.3. The van der Waals surface area contributed by atoms with Crippen LogP contribution in [0.5, 0.6) is 0 Å². The summed E-state index contributed by atoms with van der Waals surface area (Å²) >= 11 is 0. The molecule has 0 aliphatic heterocycles. The molecule has 3 rings (SSSR count). The van der Waals surface area contributed by atoms with E-state index in [4.69, 9.17) is 0 Å². The number of nitrogens with one attached hydrogen (secondary N) is 1. The van der Waals surface area contributed by atoms with Crippen LogP contribution in [-0.2, 0) is 14.8 Å². The lowest BCUT2D eigenvalue weighted by Gasteiger charge is -2.24. The Morgan fingerprint density at radius 3 is 2.42 bits per heavy atom. The third-order valence-electron chi connectivity index (χ3n) is 5.14. The molecule has 1 atom stereocenters. The van der Waals surface area contributed by atoms with Crippen LogP contribution >= 0.6 is 0 Å². The number of amides is 1. The molecule has 1 N–H and O–H groups in total. The molecule has 0 aliphatic rings. The fourth-order valence-corrected chi connectivity index (χ4v) is 4.65. The first kappa shape index (κ1) is 22.6. The van der Waals surface area contributed by atoms with Gasteiger partial charge < -0.3 is 5.32 Å². The SMILES string of the molecule is CCC(C)n1nccc1NC(=O)CCN(c1ccc(C)cc1)S(=O)(=O)c1ccccc1. The number of aryl methyl sites for hydroxylation is 1. The lowest BCUT2D eigenvalue weighted by atomic mass is 10.2. The Morgan fingerprint density at radius 2 is 1.77 bits per heavy atom. The van der Waals surface area contributed by atoms with Crippen LogP contribution < -0.4 is 9.62 Å². The lowest BCUT2D eigenvalue weighted by molar-refractivity contribution is -0.116. The fourth-order valence-electron chi connectivity index (χ4n) is 3.16. The van der Waals surface area contributed by atoms with Gasteiger partial charge in [-0.25, -0.2) is 13.1 Å². The summed E-state index contributed by atoms with van der Waals surface area (Å²) in [6.07, 6.45) is 2.52. The number of benzene rings is 2. The Labute approximate surface area is 183 Å². The number of hydrogen-bond acceptors (Lipinski definition) is 4. The van der Waals surface area contributed by atoms with Gasteiger partial charge in [0.25, 0.3) is 10.0 Å². The Morgan fingerprint density at radius 1 is 1.10 bits per heavy atom. The topological polar surface area (TPSA) is 84.3 Å². The van der Waals surface area contributed by atoms with Gasteiger partial charge in [-0.3, -0.25) is 9.10 Å². The van der Waals surface area contributed by atoms with Crippen LogP contribution in [0.3, 0.4) is 0 Å². The minimum Gasteiger partial charge on any atom is -0.311 e. The highest BCUT2D eigenvalue weighted by atomic mass is 32.2. The van der Waals surface area contributed by atoms with Crippen molar-refractivity contribution in [2.45, 2.75) is 44.6 Å². The summed E-state index contributed by atoms with van der Waals surface area (Å²) in [4.78, 5) is 12.8. The zero-order valence-electron chi connectivity index (χ0n) is 18.0. The molecule has 2 aromatic carbocycles. The largest absolute Gasteiger partial charge is 0.311 e. The fraction of sp³-hybridized carbons (Fsp3) is 0.304. The summed E-state index contributed by atoms with van der Waals surface area (Å²) in [7, 11) is -3.81. The predicted molar refractivity (Wildman–Crippen MR) is 123 cm³/mol. The maximum absolute atomic E-state index is 13.3. The Hall–Kier alpha value is -3.13. The quantitative estimate of drug-likeness (QED) is 0.535. The summed E-state index contributed by atoms with van der Waals surface area (Å²) < 4.78 is 29.7. The van der Waals surface area contributed by atoms with E-state index in [1.807, 2.05) is 32.9 Å². The van der Waals surface area contributed by atoms with Gasteiger partial charge in [-0.1, -0.05) is 42.8 Å². The molecule has 0 fully saturated rings. The first-order valence-electron chi connectivity index (χ1n) is 10.3. The third kappa shape index (κ3) is 5.32. The number of carbonyl (C=O) groups excluding carboxylic acids is 1. The molecule has 3 aromatic rings. The standard InChI is InChI=1S/C23H28N4O3S/c1-4-19(3)27-22(14-16-24-27)25-23(28)15-17-26(20-12-10-18(2)11-13-20)31(29,30)21-8-6-5-7-9-21/h5-14,16,19H,4,15,17H2,1-3H3,(H,25,28). The van der Waals surface area contributed by atoms with E-state index in [0.29, 0.717) is 11.5 Å². The molecule has 0 saturated carbocycles. The minimum absolute atomic E-state index is 0.00558. The van der Waals surface area contributed by atoms with E-state index in [0.717, 1.165) is 12.0 Å². The number of carbonyl (C=O) groups is 1. The van der Waals surface area contributed by atoms with Gasteiger partial charge >= 0.3 is 0 Å². The van der Waals surface area contributed by atoms with Crippen molar-refractivity contribution in [3.05, 3.63) is 72.4 Å². The molecule has 1 aromatic heterocycles. The van der Waals surface area contributed by atoms with Crippen molar-refractivity contribution in [1.82, 2.24) is 9.78 Å². The van der Waals surface area contributed by atoms with Crippen LogP contribution in [0, 0.1) is 6.92 Å². The van der Waals surface area contributed by atoms with Gasteiger partial charge in [0, 0.05) is 19.0 Å². The van der Waals surface area contributed by atoms with Gasteiger partial charge in [-0.05, 0) is 44.5 Å². The highest BCUT2D eigenvalue weighted by molar-refractivity contribution is 7.92. The second-order valence-electron chi connectivity index (χ2n) is 7.44. The summed E-state index contributed by atoms with van der Waals surface area (Å²) in [5, 5.41) is 7.12. The van der Waals surface area contributed by atoms with Crippen LogP contribution in [0.1, 0.15) is 38.3 Å². The Bertz CT molecular complexity index is 1110. The van der Waals surface area contributed by atoms with E-state index in [9.17, 15) is 13.2 Å². The number of rotatable bonds is 9. The average Bonchev–Trinajstić information content (AvgIpc) is 3.23. The second kappa shape index (κ2) is 9.78. The molecule has 0 saturated heterocycles. The highest BCUT2D eigenvalue weighted by Crippen LogP contribution is 2.24. The van der Waals surface area contributed by atoms with Crippen LogP contribution in [0.4, 0.5) is 11.5 Å². The molecule has 0 radical (unpaired) electrons. The highest BCUT2D eigenvalue weighted by Gasteiger charge is 2.25. The van der Waals surface area contributed by atoms with E-state index >= 15 is 0 Å². The van der Waals surface area contributed by atoms with E-state index in [-0.39, 0.29) is 29.8 Å². The molecule has 0 bridgehead atoms. The van der Waals surface area contributed by atoms with Gasteiger partial charge in [0.1, 0.15) is 5.82 Å². The zero-order chi connectivity index (χ0) is 22.4. The van der Waals surface area contributed by atoms with Crippen LogP contribution in [0.15, 0.2) is 71.8 Å². The normalized spacial score (nSPS) is 12.4. The molecule has 164 valence electrons. The van der Waals surface area contributed by atoms with Crippen molar-refractivity contribution in [2.75, 3.05) is 16.2 Å². The zero-order valence-corrected chi connectivity index (χ0v) is 18.8. The third-order valence-corrected chi connectivity index (χ3v) is 6.98. The predicted octanol–water partition coefficient (Wildman–Crippen LogP) is 4.39. The smallest absolute Gasteiger partial charge is 0.264 e. The van der Waals surface area contributed by atoms with Gasteiger partial charge in [-0.2, -0.15) is 5.10 Å². The lowest BCUT2D eigenvalue weighted by Crippen LogP contribution is -2.34. The molecule has 1 amide bonds. The summed E-state index contributed by atoms with van der Waals surface area (Å²) in [5.41, 5.74) is 1.55. The van der Waals surface area contributed by atoms with Crippen molar-refractivity contribution < 1.29 is 13.2 Å². The summed E-state index contributed by atoms with van der Waals surface area (Å²) in [6, 6.07) is 17.4. The molecule has 1 heterocycles. The van der Waals surface area contributed by atoms with Gasteiger partial charge in [-0.15, -0.1) is 0 Å². The van der Waals surface area contributed by atoms with E-state index < -0.39 is 10.0 Å². The molecular formula is C23H28N4O3S. The molecular weight excluding hydrogens is 412 g/mol. The number of aromatic nitrogens is 2. The van der Waals surface area contributed by atoms with E-state index in [1.165, 1.54) is 4.31 Å². The molecule has 31 heavy (non-hydrogen) atoms. The van der Waals surface area contributed by atoms with Crippen molar-refractivity contribution in [1.29, 1.82) is 0 Å². The number of anilines is 2. The number of hydrogen-bond donors (Lipinski definition) is 1. The molecule has 7 nitrogen and oxygen atoms in total. The Balaban J connectivity index is 1.80. The maximum Gasteiger partial charge on any atom is 0.264 e. The van der Waals surface area contributed by atoms with Crippen molar-refractivity contribution in [3.63, 3.8) is 0 Å².